The van der Waals surface area contributed by atoms with Gasteiger partial charge in [0.2, 0.25) is 0 Å². The van der Waals surface area contributed by atoms with Crippen molar-refractivity contribution in [3.8, 4) is 0 Å². The summed E-state index contributed by atoms with van der Waals surface area (Å²) in [6, 6.07) is 7.36. The molecule has 0 bridgehead atoms. The number of rotatable bonds is 5. The van der Waals surface area contributed by atoms with Crippen LogP contribution in [0.25, 0.3) is 0 Å². The topological polar surface area (TPSA) is 89.9 Å². The minimum Gasteiger partial charge on any atom is -0.394 e. The largest absolute Gasteiger partial charge is 0.394 e. The molecule has 0 radical (unpaired) electrons. The maximum absolute atomic E-state index is 11.7. The summed E-state index contributed by atoms with van der Waals surface area (Å²) in [6.45, 7) is 1.67. The van der Waals surface area contributed by atoms with Crippen LogP contribution >= 0.6 is 12.2 Å². The zero-order valence-corrected chi connectivity index (χ0v) is 14.6. The quantitative estimate of drug-likeness (QED) is 0.662. The molecular formula is C15H22N2O4S2. The molecule has 1 saturated heterocycles. The maximum Gasteiger partial charge on any atom is 0.173 e. The van der Waals surface area contributed by atoms with E-state index in [0.717, 1.165) is 11.3 Å². The van der Waals surface area contributed by atoms with Gasteiger partial charge in [-0.2, -0.15) is 0 Å². The number of nitrogens with one attached hydrogen (secondary N) is 1. The number of sulfone groups is 1. The Bertz CT molecular complexity index is 646. The van der Waals surface area contributed by atoms with E-state index in [1.165, 1.54) is 0 Å². The Labute approximate surface area is 142 Å². The van der Waals surface area contributed by atoms with E-state index < -0.39 is 22.5 Å². The van der Waals surface area contributed by atoms with Gasteiger partial charge in [-0.05, 0) is 37.7 Å². The standard InChI is InChI=1S/C15H22N2O4S2/c1-11-2-4-12(5-3-11)16-15(22)17(8-14(19)9-18)13-6-7-23(20,21)10-13/h2-5,13-14,18-19H,6-10H2,1H3,(H,16,22)/t13-,14+/m1/s1. The molecule has 0 aliphatic carbocycles. The minimum absolute atomic E-state index is 0.0147. The minimum atomic E-state index is -3.07. The van der Waals surface area contributed by atoms with Crippen molar-refractivity contribution in [1.29, 1.82) is 0 Å². The molecule has 2 atom stereocenters. The summed E-state index contributed by atoms with van der Waals surface area (Å²) in [6.07, 6.45) is -0.507. The Morgan fingerprint density at radius 2 is 2.09 bits per heavy atom. The lowest BCUT2D eigenvalue weighted by atomic mass is 10.2. The molecule has 1 aromatic rings. The van der Waals surface area contributed by atoms with E-state index in [2.05, 4.69) is 5.32 Å². The highest BCUT2D eigenvalue weighted by Gasteiger charge is 2.34. The maximum atomic E-state index is 11.7. The molecule has 1 fully saturated rings. The fourth-order valence-electron chi connectivity index (χ4n) is 2.54. The second kappa shape index (κ2) is 7.57. The van der Waals surface area contributed by atoms with Crippen LogP contribution in [0.15, 0.2) is 24.3 Å². The van der Waals surface area contributed by atoms with Crippen LogP contribution in [-0.4, -0.2) is 65.4 Å². The van der Waals surface area contributed by atoms with Gasteiger partial charge in [-0.15, -0.1) is 0 Å². The molecule has 23 heavy (non-hydrogen) atoms. The van der Waals surface area contributed by atoms with Gasteiger partial charge in [-0.1, -0.05) is 17.7 Å². The van der Waals surface area contributed by atoms with Crippen LogP contribution in [0.2, 0.25) is 0 Å². The number of nitrogens with zero attached hydrogens (tertiary/aromatic N) is 1. The lowest BCUT2D eigenvalue weighted by molar-refractivity contribution is 0.0705. The number of hydrogen-bond donors (Lipinski definition) is 3. The Morgan fingerprint density at radius 1 is 1.43 bits per heavy atom. The molecule has 1 heterocycles. The van der Waals surface area contributed by atoms with Crippen molar-refractivity contribution >= 4 is 32.9 Å². The van der Waals surface area contributed by atoms with Gasteiger partial charge in [0.15, 0.2) is 14.9 Å². The highest BCUT2D eigenvalue weighted by molar-refractivity contribution is 7.91. The van der Waals surface area contributed by atoms with Crippen LogP contribution in [0.4, 0.5) is 5.69 Å². The van der Waals surface area contributed by atoms with Crippen molar-refractivity contribution in [3.05, 3.63) is 29.8 Å². The zero-order valence-electron chi connectivity index (χ0n) is 13.0. The first-order valence-electron chi connectivity index (χ1n) is 7.44. The van der Waals surface area contributed by atoms with Gasteiger partial charge in [0.05, 0.1) is 24.2 Å². The van der Waals surface area contributed by atoms with E-state index in [1.807, 2.05) is 31.2 Å². The van der Waals surface area contributed by atoms with Gasteiger partial charge in [-0.3, -0.25) is 0 Å². The molecule has 1 aliphatic heterocycles. The van der Waals surface area contributed by atoms with E-state index in [0.29, 0.717) is 11.5 Å². The van der Waals surface area contributed by atoms with E-state index in [1.54, 1.807) is 4.90 Å². The van der Waals surface area contributed by atoms with Crippen molar-refractivity contribution in [3.63, 3.8) is 0 Å². The summed E-state index contributed by atoms with van der Waals surface area (Å²) in [5.74, 6) is 0.136. The third-order valence-electron chi connectivity index (χ3n) is 3.83. The third-order valence-corrected chi connectivity index (χ3v) is 5.92. The molecule has 0 amide bonds. The van der Waals surface area contributed by atoms with Crippen molar-refractivity contribution in [1.82, 2.24) is 4.90 Å². The highest BCUT2D eigenvalue weighted by atomic mass is 32.2. The van der Waals surface area contributed by atoms with Gasteiger partial charge < -0.3 is 20.4 Å². The number of thiocarbonyl (C=S) groups is 1. The van der Waals surface area contributed by atoms with Crippen LogP contribution in [0.1, 0.15) is 12.0 Å². The molecule has 2 rings (SSSR count). The number of benzene rings is 1. The molecular weight excluding hydrogens is 336 g/mol. The number of aliphatic hydroxyl groups is 2. The predicted octanol–water partition coefficient (Wildman–Crippen LogP) is 0.534. The van der Waals surface area contributed by atoms with E-state index in [9.17, 15) is 13.5 Å². The predicted molar refractivity (Wildman–Crippen MR) is 94.3 cm³/mol. The summed E-state index contributed by atoms with van der Waals surface area (Å²) in [4.78, 5) is 1.67. The molecule has 0 aromatic heterocycles. The molecule has 0 spiro atoms. The first-order valence-corrected chi connectivity index (χ1v) is 9.67. The molecule has 0 unspecified atom stereocenters. The molecule has 1 aliphatic rings. The fraction of sp³-hybridized carbons (Fsp3) is 0.533. The Hall–Kier alpha value is -1.22. The average molecular weight is 358 g/mol. The van der Waals surface area contributed by atoms with Crippen LogP contribution in [0, 0.1) is 6.92 Å². The molecule has 0 saturated carbocycles. The number of hydrogen-bond acceptors (Lipinski definition) is 5. The van der Waals surface area contributed by atoms with Gasteiger partial charge in [0.25, 0.3) is 0 Å². The van der Waals surface area contributed by atoms with Crippen molar-refractivity contribution in [2.24, 2.45) is 0 Å². The van der Waals surface area contributed by atoms with Crippen molar-refractivity contribution in [2.75, 3.05) is 30.0 Å². The molecule has 128 valence electrons. The Morgan fingerprint density at radius 3 is 2.61 bits per heavy atom. The lowest BCUT2D eigenvalue weighted by Crippen LogP contribution is -2.47. The zero-order chi connectivity index (χ0) is 17.0. The van der Waals surface area contributed by atoms with E-state index in [-0.39, 0.29) is 24.1 Å². The van der Waals surface area contributed by atoms with Gasteiger partial charge in [0, 0.05) is 18.3 Å². The monoisotopic (exact) mass is 358 g/mol. The summed E-state index contributed by atoms with van der Waals surface area (Å²) in [5, 5.41) is 22.2. The van der Waals surface area contributed by atoms with Crippen molar-refractivity contribution < 1.29 is 18.6 Å². The third kappa shape index (κ3) is 5.13. The van der Waals surface area contributed by atoms with Crippen LogP contribution in [0.5, 0.6) is 0 Å². The van der Waals surface area contributed by atoms with Gasteiger partial charge in [-0.25, -0.2) is 8.42 Å². The van der Waals surface area contributed by atoms with E-state index in [4.69, 9.17) is 17.3 Å². The normalized spacial score (nSPS) is 20.9. The Balaban J connectivity index is 2.12. The number of anilines is 1. The number of aryl methyl sites for hydroxylation is 1. The summed E-state index contributed by atoms with van der Waals surface area (Å²) in [5.41, 5.74) is 1.92. The summed E-state index contributed by atoms with van der Waals surface area (Å²) < 4.78 is 23.4. The smallest absolute Gasteiger partial charge is 0.173 e. The average Bonchev–Trinajstić information content (AvgIpc) is 2.86. The second-order valence-corrected chi connectivity index (χ2v) is 8.46. The number of aliphatic hydroxyl groups excluding tert-OH is 2. The molecule has 8 heteroatoms. The molecule has 3 N–H and O–H groups in total. The lowest BCUT2D eigenvalue weighted by Gasteiger charge is -2.32. The second-order valence-electron chi connectivity index (χ2n) is 5.84. The fourth-order valence-corrected chi connectivity index (χ4v) is 4.61. The summed E-state index contributed by atoms with van der Waals surface area (Å²) >= 11 is 5.40. The van der Waals surface area contributed by atoms with Gasteiger partial charge >= 0.3 is 0 Å². The van der Waals surface area contributed by atoms with E-state index >= 15 is 0 Å². The van der Waals surface area contributed by atoms with Crippen LogP contribution < -0.4 is 5.32 Å². The summed E-state index contributed by atoms with van der Waals surface area (Å²) in [7, 11) is -3.07. The molecule has 6 nitrogen and oxygen atoms in total. The van der Waals surface area contributed by atoms with Gasteiger partial charge in [0.1, 0.15) is 0 Å². The van der Waals surface area contributed by atoms with Crippen molar-refractivity contribution in [2.45, 2.75) is 25.5 Å². The first kappa shape index (κ1) is 18.1. The highest BCUT2D eigenvalue weighted by Crippen LogP contribution is 2.20. The van der Waals surface area contributed by atoms with Crippen LogP contribution in [0.3, 0.4) is 0 Å². The Kier molecular flexibility index (Phi) is 5.96. The first-order chi connectivity index (χ1) is 10.8. The van der Waals surface area contributed by atoms with Crippen LogP contribution in [-0.2, 0) is 9.84 Å². The molecule has 1 aromatic carbocycles. The SMILES string of the molecule is Cc1ccc(NC(=S)N(C[C@H](O)CO)[C@@H]2CCS(=O)(=O)C2)cc1.